The Balaban J connectivity index is 2.43. The summed E-state index contributed by atoms with van der Waals surface area (Å²) in [7, 11) is 0. The van der Waals surface area contributed by atoms with Gasteiger partial charge < -0.3 is 9.84 Å². The van der Waals surface area contributed by atoms with Gasteiger partial charge in [0, 0.05) is 6.54 Å². The molecule has 0 unspecified atom stereocenters. The van der Waals surface area contributed by atoms with Crippen molar-refractivity contribution in [3.8, 4) is 11.5 Å². The summed E-state index contributed by atoms with van der Waals surface area (Å²) in [4.78, 5) is 21.3. The van der Waals surface area contributed by atoms with Crippen LogP contribution in [0.4, 0.5) is 5.69 Å². The molecular formula is C12H11N3O5. The summed E-state index contributed by atoms with van der Waals surface area (Å²) in [5.41, 5.74) is -1.00. The van der Waals surface area contributed by atoms with E-state index >= 15 is 0 Å². The maximum atomic E-state index is 11.0. The first-order chi connectivity index (χ1) is 9.52. The van der Waals surface area contributed by atoms with Gasteiger partial charge in [0.05, 0.1) is 17.3 Å². The highest BCUT2D eigenvalue weighted by molar-refractivity contribution is 5.93. The van der Waals surface area contributed by atoms with Crippen molar-refractivity contribution < 1.29 is 19.6 Å². The van der Waals surface area contributed by atoms with Gasteiger partial charge in [-0.2, -0.15) is 5.10 Å². The standard InChI is InChI=1S/C12H11N3O5/c1-2-14-7-8(6-13-14)20-10-5-3-4-9(12(16)17)11(10)15(18)19/h3-7H,2H2,1H3,(H,16,17). The number of carbonyl (C=O) groups is 1. The molecule has 0 fully saturated rings. The lowest BCUT2D eigenvalue weighted by molar-refractivity contribution is -0.386. The molecule has 0 aliphatic carbocycles. The predicted octanol–water partition coefficient (Wildman–Crippen LogP) is 2.30. The minimum Gasteiger partial charge on any atom is -0.477 e. The molecule has 2 rings (SSSR count). The number of carboxylic acids is 1. The molecule has 0 amide bonds. The van der Waals surface area contributed by atoms with E-state index in [0.29, 0.717) is 12.3 Å². The summed E-state index contributed by atoms with van der Waals surface area (Å²) in [5, 5.41) is 24.0. The number of nitrogens with zero attached hydrogens (tertiary/aromatic N) is 3. The molecule has 0 aliphatic rings. The molecule has 0 bridgehead atoms. The van der Waals surface area contributed by atoms with Crippen LogP contribution < -0.4 is 4.74 Å². The second-order valence-corrected chi connectivity index (χ2v) is 3.85. The maximum absolute atomic E-state index is 11.0. The first-order valence-electron chi connectivity index (χ1n) is 5.74. The Kier molecular flexibility index (Phi) is 3.65. The largest absolute Gasteiger partial charge is 0.477 e. The van der Waals surface area contributed by atoms with Crippen LogP contribution in [0.2, 0.25) is 0 Å². The third kappa shape index (κ3) is 2.58. The van der Waals surface area contributed by atoms with Crippen LogP contribution in [0.1, 0.15) is 17.3 Å². The highest BCUT2D eigenvalue weighted by Crippen LogP contribution is 2.34. The van der Waals surface area contributed by atoms with Gasteiger partial charge in [-0.05, 0) is 19.1 Å². The molecule has 0 atom stereocenters. The average molecular weight is 277 g/mol. The van der Waals surface area contributed by atoms with Crippen LogP contribution in [-0.2, 0) is 6.54 Å². The Hall–Kier alpha value is -2.90. The second kappa shape index (κ2) is 5.39. The topological polar surface area (TPSA) is 107 Å². The fourth-order valence-electron chi connectivity index (χ4n) is 1.66. The number of aryl methyl sites for hydroxylation is 1. The van der Waals surface area contributed by atoms with Gasteiger partial charge in [-0.1, -0.05) is 6.07 Å². The molecule has 2 aromatic rings. The molecule has 0 saturated heterocycles. The quantitative estimate of drug-likeness (QED) is 0.663. The number of nitro groups is 1. The van der Waals surface area contributed by atoms with Crippen molar-refractivity contribution in [1.82, 2.24) is 9.78 Å². The van der Waals surface area contributed by atoms with Crippen molar-refractivity contribution in [3.63, 3.8) is 0 Å². The summed E-state index contributed by atoms with van der Waals surface area (Å²) >= 11 is 0. The summed E-state index contributed by atoms with van der Waals surface area (Å²) in [6.45, 7) is 2.50. The lowest BCUT2D eigenvalue weighted by atomic mass is 10.1. The zero-order valence-corrected chi connectivity index (χ0v) is 10.5. The van der Waals surface area contributed by atoms with E-state index in [0.717, 1.165) is 6.07 Å². The van der Waals surface area contributed by atoms with Crippen molar-refractivity contribution in [1.29, 1.82) is 0 Å². The number of hydrogen-bond acceptors (Lipinski definition) is 5. The number of para-hydroxylation sites is 1. The second-order valence-electron chi connectivity index (χ2n) is 3.85. The van der Waals surface area contributed by atoms with Gasteiger partial charge in [0.25, 0.3) is 0 Å². The Morgan fingerprint density at radius 3 is 2.85 bits per heavy atom. The fraction of sp³-hybridized carbons (Fsp3) is 0.167. The van der Waals surface area contributed by atoms with E-state index in [1.54, 1.807) is 10.9 Å². The molecule has 0 radical (unpaired) electrons. The van der Waals surface area contributed by atoms with E-state index in [1.807, 2.05) is 6.92 Å². The van der Waals surface area contributed by atoms with Gasteiger partial charge in [-0.25, -0.2) is 4.79 Å². The van der Waals surface area contributed by atoms with E-state index in [9.17, 15) is 14.9 Å². The first kappa shape index (κ1) is 13.5. The zero-order chi connectivity index (χ0) is 14.7. The van der Waals surface area contributed by atoms with Crippen LogP contribution in [-0.4, -0.2) is 25.8 Å². The average Bonchev–Trinajstić information content (AvgIpc) is 2.85. The number of nitro benzene ring substituents is 1. The van der Waals surface area contributed by atoms with Gasteiger partial charge in [0.1, 0.15) is 5.56 Å². The van der Waals surface area contributed by atoms with Crippen LogP contribution in [0, 0.1) is 10.1 Å². The highest BCUT2D eigenvalue weighted by Gasteiger charge is 2.25. The van der Waals surface area contributed by atoms with E-state index in [1.165, 1.54) is 18.3 Å². The molecular weight excluding hydrogens is 266 g/mol. The third-order valence-electron chi connectivity index (χ3n) is 2.57. The molecule has 1 aromatic heterocycles. The summed E-state index contributed by atoms with van der Waals surface area (Å²) in [5.74, 6) is -1.21. The van der Waals surface area contributed by atoms with Gasteiger partial charge in [-0.3, -0.25) is 14.8 Å². The van der Waals surface area contributed by atoms with E-state index in [2.05, 4.69) is 5.10 Å². The van der Waals surface area contributed by atoms with Crippen molar-refractivity contribution >= 4 is 11.7 Å². The Morgan fingerprint density at radius 1 is 1.55 bits per heavy atom. The summed E-state index contributed by atoms with van der Waals surface area (Å²) in [6.07, 6.45) is 2.97. The van der Waals surface area contributed by atoms with Gasteiger partial charge in [-0.15, -0.1) is 0 Å². The molecule has 0 aliphatic heterocycles. The maximum Gasteiger partial charge on any atom is 0.342 e. The SMILES string of the molecule is CCn1cc(Oc2cccc(C(=O)O)c2[N+](=O)[O-])cn1. The minimum atomic E-state index is -1.38. The molecule has 8 heteroatoms. The van der Waals surface area contributed by atoms with Crippen LogP contribution in [0.15, 0.2) is 30.6 Å². The number of benzene rings is 1. The lowest BCUT2D eigenvalue weighted by Crippen LogP contribution is -2.04. The van der Waals surface area contributed by atoms with Crippen LogP contribution in [0.5, 0.6) is 11.5 Å². The Morgan fingerprint density at radius 2 is 2.30 bits per heavy atom. The van der Waals surface area contributed by atoms with Gasteiger partial charge in [0.15, 0.2) is 5.75 Å². The van der Waals surface area contributed by atoms with Crippen molar-refractivity contribution in [2.24, 2.45) is 0 Å². The molecule has 1 heterocycles. The van der Waals surface area contributed by atoms with Crippen LogP contribution in [0.3, 0.4) is 0 Å². The number of rotatable bonds is 5. The number of carboxylic acid groups (broad SMARTS) is 1. The molecule has 1 aromatic carbocycles. The predicted molar refractivity (Wildman–Crippen MR) is 68.0 cm³/mol. The van der Waals surface area contributed by atoms with Crippen LogP contribution >= 0.6 is 0 Å². The van der Waals surface area contributed by atoms with Gasteiger partial charge in [0.2, 0.25) is 5.75 Å². The summed E-state index contributed by atoms with van der Waals surface area (Å²) in [6, 6.07) is 3.88. The summed E-state index contributed by atoms with van der Waals surface area (Å²) < 4.78 is 6.94. The zero-order valence-electron chi connectivity index (χ0n) is 10.5. The van der Waals surface area contributed by atoms with Crippen LogP contribution in [0.25, 0.3) is 0 Å². The number of hydrogen-bond donors (Lipinski definition) is 1. The monoisotopic (exact) mass is 277 g/mol. The third-order valence-corrected chi connectivity index (χ3v) is 2.57. The van der Waals surface area contributed by atoms with E-state index < -0.39 is 22.1 Å². The Labute approximate surface area is 113 Å². The minimum absolute atomic E-state index is 0.134. The van der Waals surface area contributed by atoms with Crippen molar-refractivity contribution in [2.45, 2.75) is 13.5 Å². The molecule has 0 spiro atoms. The number of ether oxygens (including phenoxy) is 1. The number of aromatic carboxylic acids is 1. The first-order valence-corrected chi connectivity index (χ1v) is 5.74. The fourth-order valence-corrected chi connectivity index (χ4v) is 1.66. The highest BCUT2D eigenvalue weighted by atomic mass is 16.6. The van der Waals surface area contributed by atoms with Gasteiger partial charge >= 0.3 is 11.7 Å². The van der Waals surface area contributed by atoms with E-state index in [4.69, 9.17) is 9.84 Å². The lowest BCUT2D eigenvalue weighted by Gasteiger charge is -2.05. The molecule has 8 nitrogen and oxygen atoms in total. The van der Waals surface area contributed by atoms with Crippen molar-refractivity contribution in [3.05, 3.63) is 46.3 Å². The number of aromatic nitrogens is 2. The molecule has 104 valence electrons. The smallest absolute Gasteiger partial charge is 0.342 e. The molecule has 0 saturated carbocycles. The van der Waals surface area contributed by atoms with Crippen molar-refractivity contribution in [2.75, 3.05) is 0 Å². The van der Waals surface area contributed by atoms with E-state index in [-0.39, 0.29) is 5.75 Å². The Bertz CT molecular complexity index is 665. The molecule has 20 heavy (non-hydrogen) atoms. The normalized spacial score (nSPS) is 10.2. The molecule has 1 N–H and O–H groups in total.